The second-order valence-corrected chi connectivity index (χ2v) is 7.08. The van der Waals surface area contributed by atoms with Crippen molar-refractivity contribution in [2.75, 3.05) is 0 Å². The summed E-state index contributed by atoms with van der Waals surface area (Å²) in [4.78, 5) is 4.50. The Morgan fingerprint density at radius 2 is 1.68 bits per heavy atom. The van der Waals surface area contributed by atoms with Gasteiger partial charge in [0, 0.05) is 11.8 Å². The van der Waals surface area contributed by atoms with Crippen LogP contribution in [0.1, 0.15) is 50.2 Å². The van der Waals surface area contributed by atoms with E-state index >= 15 is 0 Å². The highest BCUT2D eigenvalue weighted by molar-refractivity contribution is 5.59. The van der Waals surface area contributed by atoms with Crippen LogP contribution in [0.2, 0.25) is 0 Å². The lowest BCUT2D eigenvalue weighted by molar-refractivity contribution is 0.278. The van der Waals surface area contributed by atoms with Crippen LogP contribution in [-0.2, 0) is 6.42 Å². The molecule has 0 bridgehead atoms. The van der Waals surface area contributed by atoms with Crippen LogP contribution in [0.15, 0.2) is 42.6 Å². The molecule has 1 fully saturated rings. The Morgan fingerprint density at radius 1 is 0.955 bits per heavy atom. The summed E-state index contributed by atoms with van der Waals surface area (Å²) < 4.78 is 0. The predicted molar refractivity (Wildman–Crippen MR) is 93.9 cm³/mol. The molecule has 2 aromatic rings. The maximum Gasteiger partial charge on any atom is 0.0702 e. The van der Waals surface area contributed by atoms with Crippen molar-refractivity contribution < 1.29 is 0 Å². The largest absolute Gasteiger partial charge is 0.256 e. The highest BCUT2D eigenvalue weighted by Gasteiger charge is 2.17. The molecule has 0 radical (unpaired) electrons. The minimum absolute atomic E-state index is 0.953. The van der Waals surface area contributed by atoms with Crippen LogP contribution in [0.5, 0.6) is 0 Å². The van der Waals surface area contributed by atoms with E-state index in [0.29, 0.717) is 0 Å². The van der Waals surface area contributed by atoms with Gasteiger partial charge >= 0.3 is 0 Å². The third kappa shape index (κ3) is 3.97. The summed E-state index contributed by atoms with van der Waals surface area (Å²) in [5.74, 6) is 1.91. The number of aryl methyl sites for hydroxylation is 2. The Labute approximate surface area is 134 Å². The summed E-state index contributed by atoms with van der Waals surface area (Å²) >= 11 is 0. The molecule has 1 heterocycles. The number of pyridine rings is 1. The maximum atomic E-state index is 4.50. The summed E-state index contributed by atoms with van der Waals surface area (Å²) in [7, 11) is 0. The van der Waals surface area contributed by atoms with Gasteiger partial charge in [-0.25, -0.2) is 0 Å². The van der Waals surface area contributed by atoms with Gasteiger partial charge in [0.05, 0.1) is 5.69 Å². The first-order chi connectivity index (χ1) is 10.7. The van der Waals surface area contributed by atoms with E-state index in [0.717, 1.165) is 17.5 Å². The van der Waals surface area contributed by atoms with Gasteiger partial charge in [0.1, 0.15) is 0 Å². The number of hydrogen-bond donors (Lipinski definition) is 0. The summed E-state index contributed by atoms with van der Waals surface area (Å²) in [6.45, 7) is 4.47. The smallest absolute Gasteiger partial charge is 0.0702 e. The van der Waals surface area contributed by atoms with Crippen LogP contribution < -0.4 is 0 Å². The number of rotatable bonds is 4. The Bertz CT molecular complexity index is 574. The molecule has 1 aliphatic carbocycles. The lowest BCUT2D eigenvalue weighted by atomic mass is 9.80. The molecule has 1 aromatic heterocycles. The first-order valence-corrected chi connectivity index (χ1v) is 8.72. The molecule has 0 atom stereocenters. The van der Waals surface area contributed by atoms with Crippen molar-refractivity contribution in [1.82, 2.24) is 4.98 Å². The first kappa shape index (κ1) is 15.3. The molecule has 0 spiro atoms. The van der Waals surface area contributed by atoms with E-state index in [2.05, 4.69) is 55.2 Å². The third-order valence-corrected chi connectivity index (χ3v) is 5.14. The van der Waals surface area contributed by atoms with Crippen LogP contribution in [0.4, 0.5) is 0 Å². The predicted octanol–water partition coefficient (Wildman–Crippen LogP) is 5.82. The molecule has 3 rings (SSSR count). The molecule has 1 heteroatoms. The average molecular weight is 293 g/mol. The van der Waals surface area contributed by atoms with Crippen LogP contribution in [0, 0.1) is 18.8 Å². The van der Waals surface area contributed by atoms with Crippen LogP contribution in [0.3, 0.4) is 0 Å². The molecule has 22 heavy (non-hydrogen) atoms. The van der Waals surface area contributed by atoms with E-state index < -0.39 is 0 Å². The van der Waals surface area contributed by atoms with E-state index in [1.54, 1.807) is 0 Å². The van der Waals surface area contributed by atoms with Crippen LogP contribution in [0.25, 0.3) is 11.3 Å². The summed E-state index contributed by atoms with van der Waals surface area (Å²) in [6.07, 6.45) is 10.3. The normalized spacial score (nSPS) is 21.7. The van der Waals surface area contributed by atoms with Crippen molar-refractivity contribution >= 4 is 0 Å². The monoisotopic (exact) mass is 293 g/mol. The van der Waals surface area contributed by atoms with E-state index in [-0.39, 0.29) is 0 Å². The van der Waals surface area contributed by atoms with Gasteiger partial charge in [0.25, 0.3) is 0 Å². The van der Waals surface area contributed by atoms with Crippen LogP contribution in [-0.4, -0.2) is 4.98 Å². The molecule has 1 aliphatic rings. The molecule has 0 aliphatic heterocycles. The fourth-order valence-corrected chi connectivity index (χ4v) is 3.47. The number of aromatic nitrogens is 1. The lowest BCUT2D eigenvalue weighted by Crippen LogP contribution is -2.12. The van der Waals surface area contributed by atoms with Crippen molar-refractivity contribution in [2.45, 2.75) is 52.4 Å². The summed E-state index contributed by atoms with van der Waals surface area (Å²) in [5, 5.41) is 0. The Balaban J connectivity index is 1.56. The molecule has 0 N–H and O–H groups in total. The number of hydrogen-bond acceptors (Lipinski definition) is 1. The SMILES string of the molecule is Cc1ccc(-c2ccc(CCC3CCC(C)CC3)cc2)nc1. The second kappa shape index (κ2) is 7.09. The van der Waals surface area contributed by atoms with Crippen molar-refractivity contribution in [3.8, 4) is 11.3 Å². The second-order valence-electron chi connectivity index (χ2n) is 7.08. The van der Waals surface area contributed by atoms with Crippen molar-refractivity contribution in [2.24, 2.45) is 11.8 Å². The minimum atomic E-state index is 0.953. The lowest BCUT2D eigenvalue weighted by Gasteiger charge is -2.26. The molecule has 1 nitrogen and oxygen atoms in total. The van der Waals surface area contributed by atoms with E-state index in [1.807, 2.05) is 6.20 Å². The Hall–Kier alpha value is -1.63. The molecular formula is C21H27N. The van der Waals surface area contributed by atoms with E-state index in [1.165, 1.54) is 55.2 Å². The van der Waals surface area contributed by atoms with Crippen molar-refractivity contribution in [1.29, 1.82) is 0 Å². The van der Waals surface area contributed by atoms with Gasteiger partial charge < -0.3 is 0 Å². The standard InChI is InChI=1S/C21H27N/c1-16-3-6-18(7-4-16)8-9-19-10-12-20(13-11-19)21-14-5-17(2)15-22-21/h5,10-16,18H,3-4,6-9H2,1-2H3. The summed E-state index contributed by atoms with van der Waals surface area (Å²) in [5.41, 5.74) is 4.96. The number of nitrogens with zero attached hydrogens (tertiary/aromatic N) is 1. The first-order valence-electron chi connectivity index (χ1n) is 8.72. The van der Waals surface area contributed by atoms with E-state index in [9.17, 15) is 0 Å². The van der Waals surface area contributed by atoms with Gasteiger partial charge in [-0.15, -0.1) is 0 Å². The van der Waals surface area contributed by atoms with Gasteiger partial charge in [0.2, 0.25) is 0 Å². The van der Waals surface area contributed by atoms with Gasteiger partial charge in [0.15, 0.2) is 0 Å². The Kier molecular flexibility index (Phi) is 4.92. The highest BCUT2D eigenvalue weighted by atomic mass is 14.7. The van der Waals surface area contributed by atoms with Crippen LogP contribution >= 0.6 is 0 Å². The molecule has 0 unspecified atom stereocenters. The zero-order valence-electron chi connectivity index (χ0n) is 13.9. The quantitative estimate of drug-likeness (QED) is 0.692. The average Bonchev–Trinajstić information content (AvgIpc) is 2.56. The minimum Gasteiger partial charge on any atom is -0.256 e. The molecule has 1 saturated carbocycles. The molecule has 116 valence electrons. The fraction of sp³-hybridized carbons (Fsp3) is 0.476. The van der Waals surface area contributed by atoms with Gasteiger partial charge in [-0.3, -0.25) is 4.98 Å². The molecule has 0 amide bonds. The summed E-state index contributed by atoms with van der Waals surface area (Å²) in [6, 6.07) is 13.2. The van der Waals surface area contributed by atoms with Gasteiger partial charge in [-0.05, 0) is 48.8 Å². The number of benzene rings is 1. The van der Waals surface area contributed by atoms with Crippen molar-refractivity contribution in [3.05, 3.63) is 53.7 Å². The van der Waals surface area contributed by atoms with Crippen molar-refractivity contribution in [3.63, 3.8) is 0 Å². The molecular weight excluding hydrogens is 266 g/mol. The topological polar surface area (TPSA) is 12.9 Å². The Morgan fingerprint density at radius 3 is 2.32 bits per heavy atom. The van der Waals surface area contributed by atoms with E-state index in [4.69, 9.17) is 0 Å². The third-order valence-electron chi connectivity index (χ3n) is 5.14. The van der Waals surface area contributed by atoms with Gasteiger partial charge in [-0.2, -0.15) is 0 Å². The zero-order valence-corrected chi connectivity index (χ0v) is 13.9. The maximum absolute atomic E-state index is 4.50. The highest BCUT2D eigenvalue weighted by Crippen LogP contribution is 2.31. The zero-order chi connectivity index (χ0) is 15.4. The fourth-order valence-electron chi connectivity index (χ4n) is 3.47. The molecule has 1 aromatic carbocycles. The molecule has 0 saturated heterocycles. The van der Waals surface area contributed by atoms with Gasteiger partial charge in [-0.1, -0.05) is 62.9 Å².